The number of hydrogen-bond donors (Lipinski definition) is 1. The Hall–Kier alpha value is -1.83. The third kappa shape index (κ3) is 4.33. The molecule has 0 aliphatic rings. The minimum Gasteiger partial charge on any atom is -0.478 e. The molecule has 52 valence electrons. The van der Waals surface area contributed by atoms with Crippen LogP contribution in [0.3, 0.4) is 0 Å². The molecule has 0 unspecified atom stereocenters. The van der Waals surface area contributed by atoms with E-state index in [1.54, 1.807) is 0 Å². The molecular formula is C5H3NO4. The smallest absolute Gasteiger partial charge is 0.346 e. The lowest BCUT2D eigenvalue weighted by atomic mass is 10.5. The van der Waals surface area contributed by atoms with E-state index in [9.17, 15) is 9.59 Å². The Kier molecular flexibility index (Phi) is 3.34. The molecule has 0 amide bonds. The largest absolute Gasteiger partial charge is 0.478 e. The van der Waals surface area contributed by atoms with Gasteiger partial charge in [0, 0.05) is 12.2 Å². The lowest BCUT2D eigenvalue weighted by molar-refractivity contribution is -0.134. The van der Waals surface area contributed by atoms with Crippen LogP contribution in [-0.4, -0.2) is 17.0 Å². The normalized spacial score (nSPS) is 8.70. The fraction of sp³-hybridized carbons (Fsp3) is 0. The van der Waals surface area contributed by atoms with Crippen LogP contribution in [0.25, 0.3) is 0 Å². The van der Waals surface area contributed by atoms with Gasteiger partial charge in [-0.05, 0) is 0 Å². The Balaban J connectivity index is 3.81. The number of carbonyl (C=O) groups excluding carboxylic acids is 1. The van der Waals surface area contributed by atoms with Crippen molar-refractivity contribution >= 4 is 11.9 Å². The van der Waals surface area contributed by atoms with Gasteiger partial charge in [0.25, 0.3) is 6.26 Å². The van der Waals surface area contributed by atoms with Crippen molar-refractivity contribution < 1.29 is 19.4 Å². The van der Waals surface area contributed by atoms with Crippen LogP contribution in [0.1, 0.15) is 0 Å². The molecule has 0 bridgehead atoms. The molecule has 0 atom stereocenters. The van der Waals surface area contributed by atoms with E-state index in [0.717, 1.165) is 6.26 Å². The molecule has 0 aromatic rings. The van der Waals surface area contributed by atoms with Gasteiger partial charge in [-0.1, -0.05) is 0 Å². The SMILES string of the molecule is N#COC(=O)C=CC(=O)O. The predicted octanol–water partition coefficient (Wildman–Crippen LogP) is -0.349. The molecule has 0 spiro atoms. The van der Waals surface area contributed by atoms with E-state index in [4.69, 9.17) is 10.4 Å². The van der Waals surface area contributed by atoms with Crippen molar-refractivity contribution in [1.82, 2.24) is 0 Å². The summed E-state index contributed by atoms with van der Waals surface area (Å²) in [5.74, 6) is -2.26. The number of aliphatic carboxylic acids is 1. The Morgan fingerprint density at radius 1 is 1.50 bits per heavy atom. The van der Waals surface area contributed by atoms with Gasteiger partial charge >= 0.3 is 11.9 Å². The second-order valence-corrected chi connectivity index (χ2v) is 1.18. The summed E-state index contributed by atoms with van der Waals surface area (Å²) in [5, 5.41) is 15.7. The van der Waals surface area contributed by atoms with Gasteiger partial charge in [-0.2, -0.15) is 0 Å². The Morgan fingerprint density at radius 3 is 2.50 bits per heavy atom. The average Bonchev–Trinajstić information content (AvgIpc) is 1.85. The molecule has 0 aromatic heterocycles. The van der Waals surface area contributed by atoms with Crippen molar-refractivity contribution in [1.29, 1.82) is 5.26 Å². The summed E-state index contributed by atoms with van der Waals surface area (Å²) < 4.78 is 3.71. The summed E-state index contributed by atoms with van der Waals surface area (Å²) in [6.07, 6.45) is 2.32. The van der Waals surface area contributed by atoms with E-state index in [1.807, 2.05) is 0 Å². The first-order valence-electron chi connectivity index (χ1n) is 2.17. The molecule has 0 aliphatic carbocycles. The number of nitrogens with zero attached hydrogens (tertiary/aromatic N) is 1. The van der Waals surface area contributed by atoms with Crippen LogP contribution < -0.4 is 0 Å². The van der Waals surface area contributed by atoms with E-state index in [1.165, 1.54) is 0 Å². The second-order valence-electron chi connectivity index (χ2n) is 1.18. The Morgan fingerprint density at radius 2 is 2.10 bits per heavy atom. The zero-order chi connectivity index (χ0) is 7.98. The molecule has 0 saturated heterocycles. The van der Waals surface area contributed by atoms with Gasteiger partial charge in [-0.15, -0.1) is 5.26 Å². The zero-order valence-corrected chi connectivity index (χ0v) is 4.77. The van der Waals surface area contributed by atoms with Crippen molar-refractivity contribution in [3.63, 3.8) is 0 Å². The first-order chi connectivity index (χ1) is 4.66. The first-order valence-corrected chi connectivity index (χ1v) is 2.17. The summed E-state index contributed by atoms with van der Waals surface area (Å²) in [5.41, 5.74) is 0. The number of carboxylic acids is 1. The fourth-order valence-corrected chi connectivity index (χ4v) is 0.218. The molecule has 5 heteroatoms. The molecule has 0 aliphatic heterocycles. The summed E-state index contributed by atoms with van der Waals surface area (Å²) in [4.78, 5) is 19.9. The molecule has 10 heavy (non-hydrogen) atoms. The number of nitriles is 1. The summed E-state index contributed by atoms with van der Waals surface area (Å²) >= 11 is 0. The second kappa shape index (κ2) is 4.09. The van der Waals surface area contributed by atoms with Crippen LogP contribution in [0, 0.1) is 11.5 Å². The number of rotatable bonds is 2. The minimum absolute atomic E-state index is 0.583. The Bertz CT molecular complexity index is 212. The van der Waals surface area contributed by atoms with Crippen LogP contribution in [0.5, 0.6) is 0 Å². The van der Waals surface area contributed by atoms with Gasteiger partial charge in [0.2, 0.25) is 0 Å². The number of ether oxygens (including phenoxy) is 1. The van der Waals surface area contributed by atoms with Crippen molar-refractivity contribution in [3.05, 3.63) is 12.2 Å². The van der Waals surface area contributed by atoms with Crippen LogP contribution in [-0.2, 0) is 14.3 Å². The highest BCUT2D eigenvalue weighted by atomic mass is 16.5. The number of hydrogen-bond acceptors (Lipinski definition) is 4. The van der Waals surface area contributed by atoms with Crippen molar-refractivity contribution in [2.75, 3.05) is 0 Å². The van der Waals surface area contributed by atoms with Crippen LogP contribution in [0.4, 0.5) is 0 Å². The standard InChI is InChI=1S/C5H3NO4/c6-3-10-5(9)2-1-4(7)8/h1-2H,(H,7,8). The van der Waals surface area contributed by atoms with E-state index in [-0.39, 0.29) is 0 Å². The van der Waals surface area contributed by atoms with E-state index < -0.39 is 11.9 Å². The van der Waals surface area contributed by atoms with Gasteiger partial charge in [0.1, 0.15) is 0 Å². The molecule has 0 rings (SSSR count). The van der Waals surface area contributed by atoms with Crippen LogP contribution >= 0.6 is 0 Å². The van der Waals surface area contributed by atoms with Crippen molar-refractivity contribution in [2.45, 2.75) is 0 Å². The first kappa shape index (κ1) is 8.17. The highest BCUT2D eigenvalue weighted by Gasteiger charge is 1.95. The number of esters is 1. The van der Waals surface area contributed by atoms with Gasteiger partial charge < -0.3 is 9.84 Å². The minimum atomic E-state index is -1.27. The zero-order valence-electron chi connectivity index (χ0n) is 4.77. The summed E-state index contributed by atoms with van der Waals surface area (Å²) in [6, 6.07) is 0. The number of carboxylic acid groups (broad SMARTS) is 1. The Labute approximate surface area is 56.1 Å². The maximum absolute atomic E-state index is 10.2. The molecule has 0 heterocycles. The van der Waals surface area contributed by atoms with E-state index in [2.05, 4.69) is 4.74 Å². The van der Waals surface area contributed by atoms with E-state index in [0.29, 0.717) is 12.2 Å². The third-order valence-corrected chi connectivity index (χ3v) is 0.508. The maximum atomic E-state index is 10.2. The van der Waals surface area contributed by atoms with Gasteiger partial charge in [0.05, 0.1) is 0 Å². The monoisotopic (exact) mass is 141 g/mol. The third-order valence-electron chi connectivity index (χ3n) is 0.508. The molecule has 0 radical (unpaired) electrons. The molecule has 0 saturated carbocycles. The maximum Gasteiger partial charge on any atom is 0.346 e. The molecule has 0 fully saturated rings. The summed E-state index contributed by atoms with van der Waals surface area (Å²) in [6.45, 7) is 0. The highest BCUT2D eigenvalue weighted by molar-refractivity contribution is 5.91. The van der Waals surface area contributed by atoms with Crippen LogP contribution in [0.15, 0.2) is 12.2 Å². The lowest BCUT2D eigenvalue weighted by Crippen LogP contribution is -1.96. The fourth-order valence-electron chi connectivity index (χ4n) is 0.218. The van der Waals surface area contributed by atoms with Crippen molar-refractivity contribution in [3.8, 4) is 6.26 Å². The van der Waals surface area contributed by atoms with Crippen molar-refractivity contribution in [2.24, 2.45) is 0 Å². The topological polar surface area (TPSA) is 87.4 Å². The average molecular weight is 141 g/mol. The molecule has 1 N–H and O–H groups in total. The van der Waals surface area contributed by atoms with Gasteiger partial charge in [-0.25, -0.2) is 9.59 Å². The summed E-state index contributed by atoms with van der Waals surface area (Å²) in [7, 11) is 0. The molecule has 5 nitrogen and oxygen atoms in total. The van der Waals surface area contributed by atoms with Crippen LogP contribution in [0.2, 0.25) is 0 Å². The number of carbonyl (C=O) groups is 2. The lowest BCUT2D eigenvalue weighted by Gasteiger charge is -1.81. The predicted molar refractivity (Wildman–Crippen MR) is 28.5 cm³/mol. The quantitative estimate of drug-likeness (QED) is 0.322. The van der Waals surface area contributed by atoms with Gasteiger partial charge in [-0.3, -0.25) is 0 Å². The highest BCUT2D eigenvalue weighted by Crippen LogP contribution is 1.78. The van der Waals surface area contributed by atoms with Gasteiger partial charge in [0.15, 0.2) is 0 Å². The molecule has 0 aromatic carbocycles. The van der Waals surface area contributed by atoms with E-state index >= 15 is 0 Å². The molecular weight excluding hydrogens is 138 g/mol.